The molecule has 0 radical (unpaired) electrons. The van der Waals surface area contributed by atoms with Crippen LogP contribution in [0.2, 0.25) is 0 Å². The molecular weight excluding hydrogens is 246 g/mol. The van der Waals surface area contributed by atoms with Gasteiger partial charge in [-0.05, 0) is 12.0 Å². The Bertz CT molecular complexity index is 586. The lowest BCUT2D eigenvalue weighted by Crippen LogP contribution is -2.47. The molecule has 7 nitrogen and oxygen atoms in total. The summed E-state index contributed by atoms with van der Waals surface area (Å²) in [5.74, 6) is -0.669. The molecule has 0 saturated carbocycles. The first-order chi connectivity index (χ1) is 8.99. The number of nitrogens with two attached hydrogens (primary N) is 1. The van der Waals surface area contributed by atoms with Crippen molar-refractivity contribution in [3.63, 3.8) is 0 Å². The molecule has 2 heterocycles. The minimum Gasteiger partial charge on any atom is -0.368 e. The van der Waals surface area contributed by atoms with Crippen molar-refractivity contribution in [2.75, 3.05) is 0 Å². The largest absolute Gasteiger partial charge is 0.368 e. The number of nitrogens with one attached hydrogen (secondary N) is 1. The highest BCUT2D eigenvalue weighted by molar-refractivity contribution is 5.96. The van der Waals surface area contributed by atoms with Gasteiger partial charge in [0.2, 0.25) is 11.7 Å². The van der Waals surface area contributed by atoms with Crippen LogP contribution in [0.25, 0.3) is 5.78 Å². The number of aromatic nitrogens is 3. The molecule has 0 aromatic carbocycles. The van der Waals surface area contributed by atoms with Gasteiger partial charge in [-0.1, -0.05) is 13.8 Å². The summed E-state index contributed by atoms with van der Waals surface area (Å²) >= 11 is 0. The molecule has 0 aliphatic heterocycles. The summed E-state index contributed by atoms with van der Waals surface area (Å²) in [6.45, 7) is 3.61. The molecule has 0 unspecified atom stereocenters. The smallest absolute Gasteiger partial charge is 0.272 e. The van der Waals surface area contributed by atoms with Crippen LogP contribution in [0, 0.1) is 5.92 Å². The molecule has 0 spiro atoms. The maximum absolute atomic E-state index is 12.0. The Balaban J connectivity index is 2.21. The van der Waals surface area contributed by atoms with Gasteiger partial charge in [0.15, 0.2) is 0 Å². The molecular formula is C12H15N5O2. The molecule has 2 rings (SSSR count). The zero-order valence-corrected chi connectivity index (χ0v) is 10.7. The zero-order chi connectivity index (χ0) is 14.0. The summed E-state index contributed by atoms with van der Waals surface area (Å²) in [5, 5.41) is 2.58. The van der Waals surface area contributed by atoms with Gasteiger partial charge < -0.3 is 11.1 Å². The summed E-state index contributed by atoms with van der Waals surface area (Å²) < 4.78 is 1.63. The maximum atomic E-state index is 12.0. The first-order valence-electron chi connectivity index (χ1n) is 5.89. The van der Waals surface area contributed by atoms with Crippen molar-refractivity contribution in [3.05, 3.63) is 30.4 Å². The molecule has 3 N–H and O–H groups in total. The number of nitrogens with zero attached hydrogens (tertiary/aromatic N) is 3. The molecule has 1 atom stereocenters. The molecule has 0 saturated heterocycles. The monoisotopic (exact) mass is 261 g/mol. The molecule has 0 aliphatic carbocycles. The molecule has 0 aliphatic rings. The topological polar surface area (TPSA) is 102 Å². The highest BCUT2D eigenvalue weighted by Gasteiger charge is 2.23. The third-order valence-electron chi connectivity index (χ3n) is 2.73. The molecule has 19 heavy (non-hydrogen) atoms. The van der Waals surface area contributed by atoms with Crippen LogP contribution in [-0.2, 0) is 4.79 Å². The van der Waals surface area contributed by atoms with Gasteiger partial charge in [0.1, 0.15) is 11.7 Å². The van der Waals surface area contributed by atoms with E-state index >= 15 is 0 Å². The minimum atomic E-state index is -0.717. The number of imidazole rings is 1. The van der Waals surface area contributed by atoms with Crippen LogP contribution in [0.15, 0.2) is 24.7 Å². The highest BCUT2D eigenvalue weighted by atomic mass is 16.2. The number of carbonyl (C=O) groups excluding carboxylic acids is 2. The highest BCUT2D eigenvalue weighted by Crippen LogP contribution is 2.05. The lowest BCUT2D eigenvalue weighted by Gasteiger charge is -2.17. The molecule has 0 bridgehead atoms. The molecule has 7 heteroatoms. The van der Waals surface area contributed by atoms with Crippen LogP contribution in [-0.4, -0.2) is 32.2 Å². The first kappa shape index (κ1) is 13.0. The molecule has 2 aromatic rings. The molecule has 0 fully saturated rings. The van der Waals surface area contributed by atoms with E-state index in [1.807, 2.05) is 0 Å². The van der Waals surface area contributed by atoms with Crippen molar-refractivity contribution in [1.29, 1.82) is 0 Å². The van der Waals surface area contributed by atoms with Crippen LogP contribution in [0.5, 0.6) is 0 Å². The summed E-state index contributed by atoms with van der Waals surface area (Å²) in [4.78, 5) is 31.3. The van der Waals surface area contributed by atoms with Crippen molar-refractivity contribution in [1.82, 2.24) is 19.7 Å². The van der Waals surface area contributed by atoms with Crippen molar-refractivity contribution in [2.45, 2.75) is 19.9 Å². The average molecular weight is 261 g/mol. The van der Waals surface area contributed by atoms with Gasteiger partial charge in [-0.25, -0.2) is 9.97 Å². The summed E-state index contributed by atoms with van der Waals surface area (Å²) in [7, 11) is 0. The Hall–Kier alpha value is -2.44. The van der Waals surface area contributed by atoms with E-state index in [9.17, 15) is 9.59 Å². The van der Waals surface area contributed by atoms with Gasteiger partial charge in [-0.2, -0.15) is 0 Å². The van der Waals surface area contributed by atoms with Gasteiger partial charge in [-0.3, -0.25) is 14.0 Å². The fraction of sp³-hybridized carbons (Fsp3) is 0.333. The quantitative estimate of drug-likeness (QED) is 0.806. The minimum absolute atomic E-state index is 0.0865. The third-order valence-corrected chi connectivity index (χ3v) is 2.73. The van der Waals surface area contributed by atoms with Crippen LogP contribution >= 0.6 is 0 Å². The number of carbonyl (C=O) groups is 2. The van der Waals surface area contributed by atoms with Crippen LogP contribution in [0.1, 0.15) is 24.3 Å². The van der Waals surface area contributed by atoms with Crippen molar-refractivity contribution in [3.8, 4) is 0 Å². The predicted molar refractivity (Wildman–Crippen MR) is 68.3 cm³/mol. The Morgan fingerprint density at radius 2 is 2.16 bits per heavy atom. The molecule has 2 aromatic heterocycles. The van der Waals surface area contributed by atoms with E-state index in [4.69, 9.17) is 5.73 Å². The Labute approximate surface area is 109 Å². The number of amides is 2. The SMILES string of the molecule is CC(C)[C@@H](NC(=O)c1cn2cccnc2n1)C(N)=O. The average Bonchev–Trinajstić information content (AvgIpc) is 2.78. The van der Waals surface area contributed by atoms with Gasteiger partial charge in [0.05, 0.1) is 0 Å². The van der Waals surface area contributed by atoms with E-state index in [1.54, 1.807) is 42.9 Å². The van der Waals surface area contributed by atoms with E-state index in [0.29, 0.717) is 5.78 Å². The fourth-order valence-electron chi connectivity index (χ4n) is 1.72. The van der Waals surface area contributed by atoms with Gasteiger partial charge in [0.25, 0.3) is 5.91 Å². The summed E-state index contributed by atoms with van der Waals surface area (Å²) in [5.41, 5.74) is 5.45. The van der Waals surface area contributed by atoms with Crippen LogP contribution in [0.3, 0.4) is 0 Å². The lowest BCUT2D eigenvalue weighted by atomic mass is 10.0. The normalized spacial score (nSPS) is 12.6. The van der Waals surface area contributed by atoms with E-state index in [2.05, 4.69) is 15.3 Å². The van der Waals surface area contributed by atoms with Crippen molar-refractivity contribution in [2.24, 2.45) is 11.7 Å². The van der Waals surface area contributed by atoms with Crippen molar-refractivity contribution >= 4 is 17.6 Å². The number of hydrogen-bond donors (Lipinski definition) is 2. The second-order valence-electron chi connectivity index (χ2n) is 4.55. The standard InChI is InChI=1S/C12H15N5O2/c1-7(2)9(10(13)18)16-11(19)8-6-17-5-3-4-14-12(17)15-8/h3-7,9H,1-2H3,(H2,13,18)(H,16,19)/t9-/m1/s1. The second-order valence-corrected chi connectivity index (χ2v) is 4.55. The van der Waals surface area contributed by atoms with Gasteiger partial charge in [-0.15, -0.1) is 0 Å². The number of rotatable bonds is 4. The Morgan fingerprint density at radius 3 is 2.74 bits per heavy atom. The number of hydrogen-bond acceptors (Lipinski definition) is 4. The van der Waals surface area contributed by atoms with Crippen LogP contribution in [0.4, 0.5) is 0 Å². The Morgan fingerprint density at radius 1 is 1.42 bits per heavy atom. The van der Waals surface area contributed by atoms with E-state index in [1.165, 1.54) is 0 Å². The Kier molecular flexibility index (Phi) is 3.46. The van der Waals surface area contributed by atoms with Crippen molar-refractivity contribution < 1.29 is 9.59 Å². The fourth-order valence-corrected chi connectivity index (χ4v) is 1.72. The first-order valence-corrected chi connectivity index (χ1v) is 5.89. The second kappa shape index (κ2) is 5.05. The van der Waals surface area contributed by atoms with E-state index in [-0.39, 0.29) is 11.6 Å². The number of fused-ring (bicyclic) bond motifs is 1. The molecule has 100 valence electrons. The van der Waals surface area contributed by atoms with E-state index in [0.717, 1.165) is 0 Å². The van der Waals surface area contributed by atoms with Crippen LogP contribution < -0.4 is 11.1 Å². The third kappa shape index (κ3) is 2.70. The lowest BCUT2D eigenvalue weighted by molar-refractivity contribution is -0.120. The predicted octanol–water partition coefficient (Wildman–Crippen LogP) is -0.0310. The van der Waals surface area contributed by atoms with Gasteiger partial charge in [0, 0.05) is 18.6 Å². The summed E-state index contributed by atoms with van der Waals surface area (Å²) in [6, 6.07) is 1.02. The van der Waals surface area contributed by atoms with Gasteiger partial charge >= 0.3 is 0 Å². The van der Waals surface area contributed by atoms with E-state index < -0.39 is 17.9 Å². The number of primary amides is 1. The zero-order valence-electron chi connectivity index (χ0n) is 10.7. The maximum Gasteiger partial charge on any atom is 0.272 e. The molecule has 2 amide bonds. The summed E-state index contributed by atoms with van der Waals surface area (Å²) in [6.07, 6.45) is 4.88.